The summed E-state index contributed by atoms with van der Waals surface area (Å²) in [7, 11) is 0. The molecule has 0 unspecified atom stereocenters. The number of hydrogen-bond donors (Lipinski definition) is 2. The molecule has 1 atom stereocenters. The summed E-state index contributed by atoms with van der Waals surface area (Å²) in [6.07, 6.45) is 0. The molecule has 2 rings (SSSR count). The highest BCUT2D eigenvalue weighted by Crippen LogP contribution is 2.23. The number of benzene rings is 1. The topological polar surface area (TPSA) is 84.2 Å². The maximum atomic E-state index is 12.1. The average Bonchev–Trinajstić information content (AvgIpc) is 2.97. The molecule has 1 aromatic carbocycles. The quantitative estimate of drug-likeness (QED) is 0.798. The summed E-state index contributed by atoms with van der Waals surface area (Å²) in [5.41, 5.74) is 2.03. The van der Waals surface area contributed by atoms with Crippen LogP contribution in [0.5, 0.6) is 0 Å². The molecule has 140 valence electrons. The molecule has 0 radical (unpaired) electrons. The van der Waals surface area contributed by atoms with Crippen molar-refractivity contribution in [2.24, 2.45) is 0 Å². The highest BCUT2D eigenvalue weighted by molar-refractivity contribution is 8.01. The maximum Gasteiger partial charge on any atom is 0.238 e. The minimum atomic E-state index is -0.388. The molecule has 1 heterocycles. The Morgan fingerprint density at radius 1 is 1.19 bits per heavy atom. The van der Waals surface area contributed by atoms with Gasteiger partial charge >= 0.3 is 0 Å². The van der Waals surface area contributed by atoms with E-state index < -0.39 is 0 Å². The minimum absolute atomic E-state index is 0.0730. The van der Waals surface area contributed by atoms with Gasteiger partial charge in [-0.1, -0.05) is 38.1 Å². The van der Waals surface area contributed by atoms with E-state index in [1.165, 1.54) is 17.3 Å². The summed E-state index contributed by atoms with van der Waals surface area (Å²) >= 11 is 1.26. The number of thioether (sulfide) groups is 1. The Balaban J connectivity index is 1.79. The number of aryl methyl sites for hydroxylation is 1. The van der Waals surface area contributed by atoms with Crippen LogP contribution < -0.4 is 10.6 Å². The molecule has 1 aromatic heterocycles. The van der Waals surface area contributed by atoms with Crippen molar-refractivity contribution in [2.75, 3.05) is 16.4 Å². The Hall–Kier alpha value is -2.28. The fraction of sp³-hybridized carbons (Fsp3) is 0.421. The lowest BCUT2D eigenvalue weighted by atomic mass is 9.87. The molecule has 0 aliphatic carbocycles. The van der Waals surface area contributed by atoms with E-state index in [4.69, 9.17) is 4.52 Å². The third-order valence-electron chi connectivity index (χ3n) is 3.75. The van der Waals surface area contributed by atoms with Gasteiger partial charge in [-0.25, -0.2) is 0 Å². The average molecular weight is 375 g/mol. The van der Waals surface area contributed by atoms with Crippen molar-refractivity contribution in [3.05, 3.63) is 41.7 Å². The summed E-state index contributed by atoms with van der Waals surface area (Å²) in [5.74, 6) is 0.829. The largest absolute Gasteiger partial charge is 0.360 e. The smallest absolute Gasteiger partial charge is 0.238 e. The summed E-state index contributed by atoms with van der Waals surface area (Å²) in [6.45, 7) is 9.93. The van der Waals surface area contributed by atoms with Crippen molar-refractivity contribution in [3.8, 4) is 0 Å². The molecule has 7 heteroatoms. The number of hydrogen-bond acceptors (Lipinski definition) is 5. The van der Waals surface area contributed by atoms with Gasteiger partial charge in [0, 0.05) is 11.8 Å². The number of aromatic nitrogens is 1. The number of rotatable bonds is 6. The summed E-state index contributed by atoms with van der Waals surface area (Å²) in [5, 5.41) is 8.84. The molecule has 0 fully saturated rings. The van der Waals surface area contributed by atoms with Crippen LogP contribution >= 0.6 is 11.8 Å². The van der Waals surface area contributed by atoms with E-state index in [9.17, 15) is 9.59 Å². The third kappa shape index (κ3) is 5.91. The van der Waals surface area contributed by atoms with Gasteiger partial charge in [0.25, 0.3) is 0 Å². The van der Waals surface area contributed by atoms with Crippen molar-refractivity contribution in [3.63, 3.8) is 0 Å². The molecule has 0 saturated carbocycles. The first kappa shape index (κ1) is 20.0. The fourth-order valence-corrected chi connectivity index (χ4v) is 2.86. The van der Waals surface area contributed by atoms with E-state index in [-0.39, 0.29) is 28.2 Å². The van der Waals surface area contributed by atoms with Crippen LogP contribution in [-0.2, 0) is 15.0 Å². The van der Waals surface area contributed by atoms with Crippen molar-refractivity contribution < 1.29 is 14.1 Å². The zero-order chi connectivity index (χ0) is 19.3. The molecular weight excluding hydrogens is 350 g/mol. The van der Waals surface area contributed by atoms with Gasteiger partial charge in [-0.2, -0.15) is 0 Å². The van der Waals surface area contributed by atoms with Gasteiger partial charge in [-0.15, -0.1) is 11.8 Å². The monoisotopic (exact) mass is 375 g/mol. The molecule has 0 bridgehead atoms. The lowest BCUT2D eigenvalue weighted by Crippen LogP contribution is -2.25. The Bertz CT molecular complexity index is 763. The summed E-state index contributed by atoms with van der Waals surface area (Å²) in [4.78, 5) is 24.2. The van der Waals surface area contributed by atoms with Crippen molar-refractivity contribution in [1.29, 1.82) is 0 Å². The van der Waals surface area contributed by atoms with E-state index in [0.717, 1.165) is 5.69 Å². The van der Waals surface area contributed by atoms with E-state index >= 15 is 0 Å². The zero-order valence-corrected chi connectivity index (χ0v) is 16.6. The van der Waals surface area contributed by atoms with Gasteiger partial charge in [0.1, 0.15) is 5.76 Å². The number of carbonyl (C=O) groups excluding carboxylic acids is 2. The molecule has 0 aliphatic rings. The second kappa shape index (κ2) is 8.40. The predicted molar refractivity (Wildman–Crippen MR) is 106 cm³/mol. The van der Waals surface area contributed by atoms with Crippen molar-refractivity contribution in [2.45, 2.75) is 45.3 Å². The Kier molecular flexibility index (Phi) is 6.47. The van der Waals surface area contributed by atoms with E-state index in [1.807, 2.05) is 24.3 Å². The molecule has 2 amide bonds. The highest BCUT2D eigenvalue weighted by atomic mass is 32.2. The predicted octanol–water partition coefficient (Wildman–Crippen LogP) is 3.98. The third-order valence-corrected chi connectivity index (χ3v) is 4.89. The molecule has 2 aromatic rings. The van der Waals surface area contributed by atoms with E-state index in [0.29, 0.717) is 11.6 Å². The van der Waals surface area contributed by atoms with Crippen LogP contribution in [0.4, 0.5) is 11.5 Å². The molecule has 26 heavy (non-hydrogen) atoms. The van der Waals surface area contributed by atoms with Crippen LogP contribution in [0.15, 0.2) is 34.9 Å². The highest BCUT2D eigenvalue weighted by Gasteiger charge is 2.17. The van der Waals surface area contributed by atoms with Crippen molar-refractivity contribution in [1.82, 2.24) is 5.16 Å². The number of nitrogens with zero attached hydrogens (tertiary/aromatic N) is 1. The Labute approximate surface area is 158 Å². The minimum Gasteiger partial charge on any atom is -0.360 e. The van der Waals surface area contributed by atoms with Crippen molar-refractivity contribution >= 4 is 35.1 Å². The van der Waals surface area contributed by atoms with Crippen LogP contribution in [-0.4, -0.2) is 28.0 Å². The molecule has 0 spiro atoms. The first-order chi connectivity index (χ1) is 12.1. The van der Waals surface area contributed by atoms with Crippen LogP contribution in [0.1, 0.15) is 39.0 Å². The van der Waals surface area contributed by atoms with E-state index in [1.54, 1.807) is 19.9 Å². The van der Waals surface area contributed by atoms with Crippen LogP contribution in [0.3, 0.4) is 0 Å². The van der Waals surface area contributed by atoms with Crippen LogP contribution in [0, 0.1) is 6.92 Å². The van der Waals surface area contributed by atoms with Gasteiger partial charge in [-0.05, 0) is 37.0 Å². The standard InChI is InChI=1S/C19H25N3O3S/c1-12-10-16(22-25-12)21-18(24)13(2)26-11-17(23)20-15-8-6-14(7-9-15)19(3,4)5/h6-10,13H,11H2,1-5H3,(H,20,23)(H,21,22,24)/t13-/m0/s1. The molecule has 2 N–H and O–H groups in total. The van der Waals surface area contributed by atoms with Crippen LogP contribution in [0.2, 0.25) is 0 Å². The zero-order valence-electron chi connectivity index (χ0n) is 15.8. The fourth-order valence-electron chi connectivity index (χ4n) is 2.18. The summed E-state index contributed by atoms with van der Waals surface area (Å²) in [6, 6.07) is 9.46. The van der Waals surface area contributed by atoms with E-state index in [2.05, 4.69) is 36.6 Å². The summed E-state index contributed by atoms with van der Waals surface area (Å²) < 4.78 is 4.90. The second-order valence-electron chi connectivity index (χ2n) is 7.14. The lowest BCUT2D eigenvalue weighted by Gasteiger charge is -2.19. The van der Waals surface area contributed by atoms with Gasteiger partial charge in [0.2, 0.25) is 11.8 Å². The molecule has 6 nitrogen and oxygen atoms in total. The second-order valence-corrected chi connectivity index (χ2v) is 8.47. The first-order valence-electron chi connectivity index (χ1n) is 8.41. The Morgan fingerprint density at radius 2 is 1.85 bits per heavy atom. The number of carbonyl (C=O) groups is 2. The first-order valence-corrected chi connectivity index (χ1v) is 9.46. The molecular formula is C19H25N3O3S. The number of amides is 2. The molecule has 0 saturated heterocycles. The van der Waals surface area contributed by atoms with Crippen LogP contribution in [0.25, 0.3) is 0 Å². The van der Waals surface area contributed by atoms with Gasteiger partial charge in [0.05, 0.1) is 11.0 Å². The lowest BCUT2D eigenvalue weighted by molar-refractivity contribution is -0.115. The van der Waals surface area contributed by atoms with Gasteiger partial charge in [0.15, 0.2) is 5.82 Å². The van der Waals surface area contributed by atoms with Gasteiger partial charge in [-0.3, -0.25) is 9.59 Å². The van der Waals surface area contributed by atoms with Gasteiger partial charge < -0.3 is 15.2 Å². The maximum absolute atomic E-state index is 12.1. The normalized spacial score (nSPS) is 12.5. The number of anilines is 2. The number of nitrogens with one attached hydrogen (secondary N) is 2. The SMILES string of the molecule is Cc1cc(NC(=O)[C@H](C)SCC(=O)Nc2ccc(C(C)(C)C)cc2)no1. The Morgan fingerprint density at radius 3 is 2.38 bits per heavy atom. The molecule has 0 aliphatic heterocycles.